The lowest BCUT2D eigenvalue weighted by atomic mass is 9.97. The van der Waals surface area contributed by atoms with Crippen molar-refractivity contribution in [1.29, 1.82) is 0 Å². The van der Waals surface area contributed by atoms with Gasteiger partial charge >= 0.3 is 0 Å². The Morgan fingerprint density at radius 3 is 2.60 bits per heavy atom. The quantitative estimate of drug-likeness (QED) is 0.818. The van der Waals surface area contributed by atoms with Crippen LogP contribution in [0, 0.1) is 5.92 Å². The summed E-state index contributed by atoms with van der Waals surface area (Å²) in [7, 11) is 0. The van der Waals surface area contributed by atoms with Gasteiger partial charge in [0.05, 0.1) is 10.9 Å². The smallest absolute Gasteiger partial charge is 0.230 e. The van der Waals surface area contributed by atoms with Crippen LogP contribution in [-0.2, 0) is 11.2 Å². The number of benzene rings is 1. The van der Waals surface area contributed by atoms with Crippen molar-refractivity contribution in [1.82, 2.24) is 5.32 Å². The van der Waals surface area contributed by atoms with Crippen LogP contribution < -0.4 is 11.1 Å². The summed E-state index contributed by atoms with van der Waals surface area (Å²) < 4.78 is 0. The molecule has 0 aliphatic carbocycles. The minimum absolute atomic E-state index is 0.0294. The summed E-state index contributed by atoms with van der Waals surface area (Å²) >= 11 is 7.01. The van der Waals surface area contributed by atoms with Crippen molar-refractivity contribution in [3.8, 4) is 0 Å². The van der Waals surface area contributed by atoms with Gasteiger partial charge in [-0.2, -0.15) is 11.8 Å². The van der Waals surface area contributed by atoms with Crippen LogP contribution in [0.4, 0.5) is 0 Å². The molecular weight excluding hydrogens is 288 g/mol. The first kappa shape index (κ1) is 15.3. The second-order valence-corrected chi connectivity index (χ2v) is 6.74. The average Bonchev–Trinajstić information content (AvgIpc) is 2.46. The number of hydrogen-bond donors (Lipinski definition) is 2. The van der Waals surface area contributed by atoms with Crippen LogP contribution in [0.25, 0.3) is 0 Å². The van der Waals surface area contributed by atoms with Crippen LogP contribution >= 0.6 is 24.0 Å². The maximum Gasteiger partial charge on any atom is 0.230 e. The number of nitrogens with one attached hydrogen (secondary N) is 1. The molecule has 0 bridgehead atoms. The minimum Gasteiger partial charge on any atom is -0.393 e. The van der Waals surface area contributed by atoms with Crippen LogP contribution in [0.5, 0.6) is 0 Å². The van der Waals surface area contributed by atoms with Gasteiger partial charge in [-0.25, -0.2) is 0 Å². The van der Waals surface area contributed by atoms with Crippen LogP contribution in [-0.4, -0.2) is 28.4 Å². The number of carbonyl (C=O) groups is 1. The van der Waals surface area contributed by atoms with Crippen molar-refractivity contribution in [2.45, 2.75) is 25.3 Å². The lowest BCUT2D eigenvalue weighted by molar-refractivity contribution is -0.123. The molecule has 1 aromatic rings. The van der Waals surface area contributed by atoms with Crippen LogP contribution in [0.2, 0.25) is 0 Å². The molecule has 1 fully saturated rings. The van der Waals surface area contributed by atoms with E-state index in [0.29, 0.717) is 6.42 Å². The largest absolute Gasteiger partial charge is 0.393 e. The topological polar surface area (TPSA) is 55.1 Å². The second-order valence-electron chi connectivity index (χ2n) is 5.04. The predicted molar refractivity (Wildman–Crippen MR) is 88.9 cm³/mol. The van der Waals surface area contributed by atoms with E-state index < -0.39 is 5.92 Å². The molecule has 1 aliphatic rings. The average molecular weight is 308 g/mol. The van der Waals surface area contributed by atoms with E-state index in [2.05, 4.69) is 5.32 Å². The summed E-state index contributed by atoms with van der Waals surface area (Å²) in [4.78, 5) is 12.6. The molecule has 5 heteroatoms. The van der Waals surface area contributed by atoms with Gasteiger partial charge in [-0.3, -0.25) is 4.79 Å². The van der Waals surface area contributed by atoms with Crippen molar-refractivity contribution in [3.63, 3.8) is 0 Å². The first-order valence-corrected chi connectivity index (χ1v) is 8.44. The van der Waals surface area contributed by atoms with E-state index in [4.69, 9.17) is 18.0 Å². The van der Waals surface area contributed by atoms with Gasteiger partial charge in [-0.05, 0) is 36.3 Å². The van der Waals surface area contributed by atoms with Gasteiger partial charge < -0.3 is 11.1 Å². The highest BCUT2D eigenvalue weighted by Crippen LogP contribution is 2.18. The van der Waals surface area contributed by atoms with Gasteiger partial charge in [-0.1, -0.05) is 42.5 Å². The first-order chi connectivity index (χ1) is 9.66. The Labute approximate surface area is 129 Å². The lowest BCUT2D eigenvalue weighted by Gasteiger charge is -2.25. The summed E-state index contributed by atoms with van der Waals surface area (Å²) in [5, 5.41) is 3.10. The molecule has 0 saturated carbocycles. The van der Waals surface area contributed by atoms with Crippen molar-refractivity contribution < 1.29 is 4.79 Å². The molecule has 1 saturated heterocycles. The summed E-state index contributed by atoms with van der Waals surface area (Å²) in [5.74, 6) is 1.78. The highest BCUT2D eigenvalue weighted by molar-refractivity contribution is 7.99. The fourth-order valence-electron chi connectivity index (χ4n) is 2.32. The van der Waals surface area contributed by atoms with Crippen LogP contribution in [0.1, 0.15) is 18.4 Å². The Kier molecular flexibility index (Phi) is 5.86. The lowest BCUT2D eigenvalue weighted by Crippen LogP contribution is -2.45. The number of amides is 1. The van der Waals surface area contributed by atoms with E-state index in [1.165, 1.54) is 0 Å². The number of thioether (sulfide) groups is 1. The molecule has 108 valence electrons. The fourth-order valence-corrected chi connectivity index (χ4v) is 3.61. The van der Waals surface area contributed by atoms with E-state index in [1.54, 1.807) is 0 Å². The molecule has 1 unspecified atom stereocenters. The molecular formula is C15H20N2OS2. The van der Waals surface area contributed by atoms with Gasteiger partial charge in [-0.15, -0.1) is 0 Å². The maximum atomic E-state index is 12.4. The van der Waals surface area contributed by atoms with E-state index in [1.807, 2.05) is 42.1 Å². The second kappa shape index (κ2) is 7.64. The van der Waals surface area contributed by atoms with E-state index in [-0.39, 0.29) is 16.9 Å². The molecule has 0 spiro atoms. The molecule has 1 amide bonds. The molecule has 1 aliphatic heterocycles. The summed E-state index contributed by atoms with van der Waals surface area (Å²) in [6.07, 6.45) is 2.64. The Morgan fingerprint density at radius 2 is 2.00 bits per heavy atom. The standard InChI is InChI=1S/C15H20N2OS2/c16-14(19)13(10-11-4-2-1-3-5-11)15(18)17-12-6-8-20-9-7-12/h1-5,12-13H,6-10H2,(H2,16,19)(H,17,18). The zero-order valence-electron chi connectivity index (χ0n) is 11.4. The van der Waals surface area contributed by atoms with E-state index in [0.717, 1.165) is 29.9 Å². The van der Waals surface area contributed by atoms with Crippen LogP contribution in [0.3, 0.4) is 0 Å². The highest BCUT2D eigenvalue weighted by atomic mass is 32.2. The van der Waals surface area contributed by atoms with Crippen molar-refractivity contribution in [2.24, 2.45) is 11.7 Å². The Morgan fingerprint density at radius 1 is 1.35 bits per heavy atom. The minimum atomic E-state index is -0.415. The Hall–Kier alpha value is -1.07. The summed E-state index contributed by atoms with van der Waals surface area (Å²) in [5.41, 5.74) is 6.84. The highest BCUT2D eigenvalue weighted by Gasteiger charge is 2.25. The molecule has 1 heterocycles. The number of nitrogens with two attached hydrogens (primary N) is 1. The summed E-state index contributed by atoms with van der Waals surface area (Å²) in [6.45, 7) is 0. The third-order valence-electron chi connectivity index (χ3n) is 3.51. The number of rotatable bonds is 5. The van der Waals surface area contributed by atoms with Gasteiger partial charge in [0, 0.05) is 6.04 Å². The molecule has 2 rings (SSSR count). The predicted octanol–water partition coefficient (Wildman–Crippen LogP) is 2.14. The van der Waals surface area contributed by atoms with Gasteiger partial charge in [0.25, 0.3) is 0 Å². The molecule has 3 nitrogen and oxygen atoms in total. The van der Waals surface area contributed by atoms with Crippen LogP contribution in [0.15, 0.2) is 30.3 Å². The first-order valence-electron chi connectivity index (χ1n) is 6.88. The van der Waals surface area contributed by atoms with Gasteiger partial charge in [0.1, 0.15) is 0 Å². The molecule has 20 heavy (non-hydrogen) atoms. The van der Waals surface area contributed by atoms with Gasteiger partial charge in [0.2, 0.25) is 5.91 Å². The normalized spacial score (nSPS) is 17.4. The zero-order valence-corrected chi connectivity index (χ0v) is 13.0. The SMILES string of the molecule is NC(=S)C(Cc1ccccc1)C(=O)NC1CCSCC1. The monoisotopic (exact) mass is 308 g/mol. The van der Waals surface area contributed by atoms with Crippen molar-refractivity contribution in [3.05, 3.63) is 35.9 Å². The van der Waals surface area contributed by atoms with E-state index in [9.17, 15) is 4.79 Å². The summed E-state index contributed by atoms with van der Waals surface area (Å²) in [6, 6.07) is 10.1. The van der Waals surface area contributed by atoms with Gasteiger partial charge in [0.15, 0.2) is 0 Å². The number of thiocarbonyl (C=S) groups is 1. The molecule has 1 atom stereocenters. The van der Waals surface area contributed by atoms with Crippen molar-refractivity contribution in [2.75, 3.05) is 11.5 Å². The Balaban J connectivity index is 1.97. The molecule has 0 aromatic heterocycles. The number of hydrogen-bond acceptors (Lipinski definition) is 3. The zero-order chi connectivity index (χ0) is 14.4. The van der Waals surface area contributed by atoms with E-state index >= 15 is 0 Å². The maximum absolute atomic E-state index is 12.4. The number of carbonyl (C=O) groups excluding carboxylic acids is 1. The fraction of sp³-hybridized carbons (Fsp3) is 0.467. The molecule has 3 N–H and O–H groups in total. The molecule has 0 radical (unpaired) electrons. The molecule has 1 aromatic carbocycles. The third-order valence-corrected chi connectivity index (χ3v) is 4.84. The third kappa shape index (κ3) is 4.49. The Bertz CT molecular complexity index is 458. The van der Waals surface area contributed by atoms with Crippen molar-refractivity contribution >= 4 is 34.9 Å².